The molecule has 0 atom stereocenters. The predicted octanol–water partition coefficient (Wildman–Crippen LogP) is 3.45. The number of nitrogens with one attached hydrogen (secondary N) is 1. The highest BCUT2D eigenvalue weighted by molar-refractivity contribution is 7.24. The van der Waals surface area contributed by atoms with Crippen molar-refractivity contribution in [1.82, 2.24) is 15.1 Å². The van der Waals surface area contributed by atoms with Gasteiger partial charge in [-0.05, 0) is 19.1 Å². The van der Waals surface area contributed by atoms with E-state index in [-0.39, 0.29) is 11.7 Å². The number of carbonyl (C=O) groups excluding carboxylic acids is 1. The van der Waals surface area contributed by atoms with Crippen molar-refractivity contribution < 1.29 is 9.32 Å². The van der Waals surface area contributed by atoms with E-state index in [1.807, 2.05) is 19.1 Å². The molecule has 4 rings (SSSR count). The Morgan fingerprint density at radius 2 is 2.14 bits per heavy atom. The second kappa shape index (κ2) is 4.61. The van der Waals surface area contributed by atoms with E-state index in [1.54, 1.807) is 11.3 Å². The lowest BCUT2D eigenvalue weighted by atomic mass is 10.3. The van der Waals surface area contributed by atoms with Crippen LogP contribution in [-0.4, -0.2) is 21.0 Å². The highest BCUT2D eigenvalue weighted by atomic mass is 32.1. The summed E-state index contributed by atoms with van der Waals surface area (Å²) in [4.78, 5) is 20.9. The van der Waals surface area contributed by atoms with E-state index < -0.39 is 0 Å². The number of amides is 1. The van der Waals surface area contributed by atoms with Crippen molar-refractivity contribution in [3.63, 3.8) is 0 Å². The first-order valence-corrected chi connectivity index (χ1v) is 7.73. The molecule has 21 heavy (non-hydrogen) atoms. The molecule has 0 aliphatic rings. The van der Waals surface area contributed by atoms with Crippen LogP contribution in [0.25, 0.3) is 20.4 Å². The van der Waals surface area contributed by atoms with Crippen molar-refractivity contribution in [1.29, 1.82) is 0 Å². The quantitative estimate of drug-likeness (QED) is 0.612. The summed E-state index contributed by atoms with van der Waals surface area (Å²) < 4.78 is 6.92. The van der Waals surface area contributed by atoms with Crippen molar-refractivity contribution in [2.24, 2.45) is 0 Å². The lowest BCUT2D eigenvalue weighted by Crippen LogP contribution is -2.10. The highest BCUT2D eigenvalue weighted by Crippen LogP contribution is 2.34. The van der Waals surface area contributed by atoms with Gasteiger partial charge in [0.2, 0.25) is 5.76 Å². The Morgan fingerprint density at radius 1 is 1.24 bits per heavy atom. The van der Waals surface area contributed by atoms with E-state index in [4.69, 9.17) is 4.52 Å². The number of benzene rings is 1. The molecule has 0 saturated carbocycles. The van der Waals surface area contributed by atoms with E-state index >= 15 is 0 Å². The molecule has 8 heteroatoms. The molecule has 0 aliphatic carbocycles. The second-order valence-electron chi connectivity index (χ2n) is 4.34. The third-order valence-corrected chi connectivity index (χ3v) is 4.83. The van der Waals surface area contributed by atoms with Crippen LogP contribution in [0.3, 0.4) is 0 Å². The van der Waals surface area contributed by atoms with Gasteiger partial charge in [0, 0.05) is 6.07 Å². The summed E-state index contributed by atoms with van der Waals surface area (Å²) in [6.07, 6.45) is 1.43. The maximum atomic E-state index is 11.9. The topological polar surface area (TPSA) is 80.9 Å². The molecule has 0 bridgehead atoms. The Bertz CT molecular complexity index is 955. The highest BCUT2D eigenvalue weighted by Gasteiger charge is 2.15. The fourth-order valence-corrected chi connectivity index (χ4v) is 3.88. The van der Waals surface area contributed by atoms with Crippen LogP contribution in [0.1, 0.15) is 15.6 Å². The molecular formula is C13H8N4O2S2. The van der Waals surface area contributed by atoms with Gasteiger partial charge in [0.25, 0.3) is 5.91 Å². The molecule has 0 fully saturated rings. The Kier molecular flexibility index (Phi) is 2.72. The maximum Gasteiger partial charge on any atom is 0.296 e. The lowest BCUT2D eigenvalue weighted by Gasteiger charge is -1.95. The van der Waals surface area contributed by atoms with E-state index in [0.29, 0.717) is 5.13 Å². The van der Waals surface area contributed by atoms with Crippen LogP contribution in [-0.2, 0) is 0 Å². The summed E-state index contributed by atoms with van der Waals surface area (Å²) >= 11 is 3.05. The third kappa shape index (κ3) is 2.08. The minimum absolute atomic E-state index is 0.156. The van der Waals surface area contributed by atoms with Gasteiger partial charge in [-0.1, -0.05) is 16.5 Å². The fourth-order valence-electron chi connectivity index (χ4n) is 2.03. The van der Waals surface area contributed by atoms with Crippen LogP contribution >= 0.6 is 22.7 Å². The van der Waals surface area contributed by atoms with Crippen LogP contribution in [0, 0.1) is 6.92 Å². The third-order valence-electron chi connectivity index (χ3n) is 2.90. The first-order chi connectivity index (χ1) is 10.2. The summed E-state index contributed by atoms with van der Waals surface area (Å²) in [5.74, 6) is -0.207. The molecule has 0 radical (unpaired) electrons. The molecule has 0 unspecified atom stereocenters. The van der Waals surface area contributed by atoms with Gasteiger partial charge in [-0.15, -0.1) is 11.3 Å². The summed E-state index contributed by atoms with van der Waals surface area (Å²) in [6.45, 7) is 1.98. The van der Waals surface area contributed by atoms with Crippen LogP contribution < -0.4 is 5.32 Å². The van der Waals surface area contributed by atoms with Gasteiger partial charge < -0.3 is 4.52 Å². The van der Waals surface area contributed by atoms with E-state index in [1.165, 1.54) is 23.6 Å². The SMILES string of the molecule is Cc1nc2c(ccc3nc(NC(=O)c4ccno4)sc32)s1. The van der Waals surface area contributed by atoms with Crippen molar-refractivity contribution in [3.8, 4) is 0 Å². The molecule has 1 aromatic carbocycles. The molecule has 104 valence electrons. The Hall–Kier alpha value is -2.32. The lowest BCUT2D eigenvalue weighted by molar-refractivity contribution is 0.0988. The van der Waals surface area contributed by atoms with Crippen LogP contribution in [0.5, 0.6) is 0 Å². The van der Waals surface area contributed by atoms with Crippen LogP contribution in [0.4, 0.5) is 5.13 Å². The normalized spacial score (nSPS) is 11.3. The smallest absolute Gasteiger partial charge is 0.296 e. The van der Waals surface area contributed by atoms with Crippen LogP contribution in [0.2, 0.25) is 0 Å². The van der Waals surface area contributed by atoms with Gasteiger partial charge in [-0.2, -0.15) is 0 Å². The average molecular weight is 316 g/mol. The molecule has 6 nitrogen and oxygen atoms in total. The number of aromatic nitrogens is 3. The molecule has 3 heterocycles. The minimum Gasteiger partial charge on any atom is -0.351 e. The van der Waals surface area contributed by atoms with Crippen molar-refractivity contribution >= 4 is 54.1 Å². The van der Waals surface area contributed by atoms with Gasteiger partial charge in [0.1, 0.15) is 5.52 Å². The molecular weight excluding hydrogens is 308 g/mol. The zero-order valence-corrected chi connectivity index (χ0v) is 12.4. The largest absolute Gasteiger partial charge is 0.351 e. The van der Waals surface area contributed by atoms with Crippen LogP contribution in [0.15, 0.2) is 28.9 Å². The molecule has 0 spiro atoms. The standard InChI is InChI=1S/C13H8N4O2S2/c1-6-15-10-9(20-6)3-2-7-11(10)21-13(16-7)17-12(18)8-4-5-14-19-8/h2-5H,1H3,(H,16,17,18). The summed E-state index contributed by atoms with van der Waals surface area (Å²) in [6, 6.07) is 5.45. The van der Waals surface area contributed by atoms with E-state index in [9.17, 15) is 4.79 Å². The minimum atomic E-state index is -0.364. The Morgan fingerprint density at radius 3 is 2.95 bits per heavy atom. The Balaban J connectivity index is 1.76. The Labute approximate surface area is 126 Å². The molecule has 3 aromatic heterocycles. The van der Waals surface area contributed by atoms with Crippen molar-refractivity contribution in [2.45, 2.75) is 6.92 Å². The average Bonchev–Trinajstić information content (AvgIpc) is 3.14. The number of anilines is 1. The molecule has 4 aromatic rings. The second-order valence-corrected chi connectivity index (χ2v) is 6.58. The number of carbonyl (C=O) groups is 1. The van der Waals surface area contributed by atoms with Crippen molar-refractivity contribution in [3.05, 3.63) is 35.2 Å². The first-order valence-electron chi connectivity index (χ1n) is 6.09. The fraction of sp³-hybridized carbons (Fsp3) is 0.0769. The van der Waals surface area contributed by atoms with E-state index in [0.717, 1.165) is 25.4 Å². The zero-order valence-electron chi connectivity index (χ0n) is 10.8. The summed E-state index contributed by atoms with van der Waals surface area (Å²) in [5, 5.41) is 7.76. The molecule has 1 amide bonds. The van der Waals surface area contributed by atoms with Gasteiger partial charge in [0.05, 0.1) is 26.1 Å². The predicted molar refractivity (Wildman–Crippen MR) is 82.0 cm³/mol. The van der Waals surface area contributed by atoms with E-state index in [2.05, 4.69) is 20.4 Å². The zero-order chi connectivity index (χ0) is 14.4. The molecule has 1 N–H and O–H groups in total. The number of hydrogen-bond acceptors (Lipinski definition) is 7. The van der Waals surface area contributed by atoms with Gasteiger partial charge in [0.15, 0.2) is 5.13 Å². The summed E-state index contributed by atoms with van der Waals surface area (Å²) in [7, 11) is 0. The number of aryl methyl sites for hydroxylation is 1. The number of rotatable bonds is 2. The summed E-state index contributed by atoms with van der Waals surface area (Å²) in [5.41, 5.74) is 1.76. The number of hydrogen-bond donors (Lipinski definition) is 1. The number of fused-ring (bicyclic) bond motifs is 3. The number of thiazole rings is 2. The monoisotopic (exact) mass is 316 g/mol. The number of nitrogens with zero attached hydrogens (tertiary/aromatic N) is 3. The maximum absolute atomic E-state index is 11.9. The van der Waals surface area contributed by atoms with Crippen molar-refractivity contribution in [2.75, 3.05) is 5.32 Å². The van der Waals surface area contributed by atoms with Gasteiger partial charge in [-0.3, -0.25) is 10.1 Å². The first kappa shape index (κ1) is 12.4. The molecule has 0 aliphatic heterocycles. The molecule has 0 saturated heterocycles. The van der Waals surface area contributed by atoms with Gasteiger partial charge in [-0.25, -0.2) is 9.97 Å². The van der Waals surface area contributed by atoms with Gasteiger partial charge >= 0.3 is 0 Å².